The lowest BCUT2D eigenvalue weighted by Gasteiger charge is -2.17. The molecule has 0 saturated carbocycles. The number of hydrogen-bond donors (Lipinski definition) is 0. The molecule has 2 aromatic carbocycles. The SMILES string of the molecule is O=S(=O)(c1ccc(Oc2ccccc2Cl)cc1)N1CCC(n2nccn2)C1. The first-order chi connectivity index (χ1) is 13.0. The summed E-state index contributed by atoms with van der Waals surface area (Å²) in [5.74, 6) is 1.03. The van der Waals surface area contributed by atoms with E-state index in [1.807, 2.05) is 12.1 Å². The second-order valence-electron chi connectivity index (χ2n) is 6.16. The van der Waals surface area contributed by atoms with Crippen molar-refractivity contribution in [2.24, 2.45) is 0 Å². The average Bonchev–Trinajstić information content (AvgIpc) is 3.36. The molecule has 9 heteroatoms. The summed E-state index contributed by atoms with van der Waals surface area (Å²) in [5, 5.41) is 8.70. The summed E-state index contributed by atoms with van der Waals surface area (Å²) >= 11 is 6.08. The topological polar surface area (TPSA) is 77.3 Å². The van der Waals surface area contributed by atoms with E-state index in [0.29, 0.717) is 36.0 Å². The molecule has 4 rings (SSSR count). The molecule has 0 amide bonds. The van der Waals surface area contributed by atoms with E-state index in [9.17, 15) is 8.42 Å². The molecule has 3 aromatic rings. The standard InChI is InChI=1S/C18H17ClN4O3S/c19-17-3-1-2-4-18(17)26-15-5-7-16(8-6-15)27(24,25)22-12-9-14(13-22)23-20-10-11-21-23/h1-8,10-11,14H,9,12-13H2. The number of nitrogens with zero attached hydrogens (tertiary/aromatic N) is 4. The van der Waals surface area contributed by atoms with Crippen LogP contribution in [-0.2, 0) is 10.0 Å². The largest absolute Gasteiger partial charge is 0.456 e. The number of hydrogen-bond acceptors (Lipinski definition) is 5. The van der Waals surface area contributed by atoms with E-state index in [2.05, 4.69) is 10.2 Å². The van der Waals surface area contributed by atoms with Crippen LogP contribution in [0, 0.1) is 0 Å². The van der Waals surface area contributed by atoms with Crippen LogP contribution in [0.1, 0.15) is 12.5 Å². The van der Waals surface area contributed by atoms with Gasteiger partial charge in [-0.25, -0.2) is 8.42 Å². The minimum atomic E-state index is -3.58. The normalized spacial score (nSPS) is 17.9. The zero-order valence-corrected chi connectivity index (χ0v) is 15.8. The fourth-order valence-corrected chi connectivity index (χ4v) is 4.68. The molecule has 2 heterocycles. The molecule has 1 fully saturated rings. The Balaban J connectivity index is 1.49. The molecule has 140 valence electrons. The van der Waals surface area contributed by atoms with E-state index in [1.165, 1.54) is 4.31 Å². The van der Waals surface area contributed by atoms with Gasteiger partial charge in [0.05, 0.1) is 28.4 Å². The van der Waals surface area contributed by atoms with Crippen LogP contribution in [0.3, 0.4) is 0 Å². The Morgan fingerprint density at radius 1 is 1.04 bits per heavy atom. The Labute approximate surface area is 162 Å². The minimum absolute atomic E-state index is 0.0439. The number of benzene rings is 2. The maximum atomic E-state index is 12.9. The van der Waals surface area contributed by atoms with Gasteiger partial charge in [-0.3, -0.25) is 0 Å². The number of halogens is 1. The highest BCUT2D eigenvalue weighted by atomic mass is 35.5. The summed E-state index contributed by atoms with van der Waals surface area (Å²) in [5.41, 5.74) is 0. The molecule has 1 aliphatic rings. The van der Waals surface area contributed by atoms with Crippen molar-refractivity contribution < 1.29 is 13.2 Å². The Morgan fingerprint density at radius 2 is 1.74 bits per heavy atom. The van der Waals surface area contributed by atoms with Crippen molar-refractivity contribution in [3.05, 3.63) is 65.9 Å². The Kier molecular flexibility index (Phi) is 4.86. The zero-order valence-electron chi connectivity index (χ0n) is 14.3. The van der Waals surface area contributed by atoms with Gasteiger partial charge in [0.2, 0.25) is 10.0 Å². The fourth-order valence-electron chi connectivity index (χ4n) is 3.02. The summed E-state index contributed by atoms with van der Waals surface area (Å²) in [4.78, 5) is 1.79. The number of para-hydroxylation sites is 1. The highest BCUT2D eigenvalue weighted by Gasteiger charge is 2.34. The van der Waals surface area contributed by atoms with E-state index >= 15 is 0 Å². The van der Waals surface area contributed by atoms with Gasteiger partial charge in [-0.15, -0.1) is 0 Å². The second-order valence-corrected chi connectivity index (χ2v) is 8.50. The molecular weight excluding hydrogens is 388 g/mol. The van der Waals surface area contributed by atoms with E-state index in [4.69, 9.17) is 16.3 Å². The van der Waals surface area contributed by atoms with Gasteiger partial charge in [0, 0.05) is 13.1 Å². The first-order valence-corrected chi connectivity index (χ1v) is 10.2. The molecular formula is C18H17ClN4O3S. The number of ether oxygens (including phenoxy) is 1. The molecule has 1 saturated heterocycles. The fraction of sp³-hybridized carbons (Fsp3) is 0.222. The van der Waals surface area contributed by atoms with Gasteiger partial charge in [0.25, 0.3) is 0 Å². The van der Waals surface area contributed by atoms with Crippen LogP contribution >= 0.6 is 11.6 Å². The van der Waals surface area contributed by atoms with Crippen molar-refractivity contribution in [1.82, 2.24) is 19.3 Å². The molecule has 0 bridgehead atoms. The monoisotopic (exact) mass is 404 g/mol. The summed E-state index contributed by atoms with van der Waals surface area (Å²) < 4.78 is 32.9. The van der Waals surface area contributed by atoms with Gasteiger partial charge in [-0.2, -0.15) is 19.3 Å². The van der Waals surface area contributed by atoms with Gasteiger partial charge in [-0.1, -0.05) is 23.7 Å². The van der Waals surface area contributed by atoms with Gasteiger partial charge in [0.1, 0.15) is 11.5 Å². The number of aromatic nitrogens is 3. The van der Waals surface area contributed by atoms with Crippen LogP contribution in [-0.4, -0.2) is 40.8 Å². The van der Waals surface area contributed by atoms with Gasteiger partial charge in [0.15, 0.2) is 0 Å². The lowest BCUT2D eigenvalue weighted by molar-refractivity contribution is 0.402. The predicted octanol–water partition coefficient (Wildman–Crippen LogP) is 3.36. The molecule has 0 spiro atoms. The van der Waals surface area contributed by atoms with Gasteiger partial charge >= 0.3 is 0 Å². The molecule has 1 aromatic heterocycles. The molecule has 7 nitrogen and oxygen atoms in total. The van der Waals surface area contributed by atoms with Crippen LogP contribution < -0.4 is 4.74 Å². The van der Waals surface area contributed by atoms with E-state index in [0.717, 1.165) is 0 Å². The highest BCUT2D eigenvalue weighted by Crippen LogP contribution is 2.31. The van der Waals surface area contributed by atoms with Crippen LogP contribution in [0.2, 0.25) is 5.02 Å². The zero-order chi connectivity index (χ0) is 18.9. The quantitative estimate of drug-likeness (QED) is 0.651. The third kappa shape index (κ3) is 3.69. The highest BCUT2D eigenvalue weighted by molar-refractivity contribution is 7.89. The maximum Gasteiger partial charge on any atom is 0.243 e. The minimum Gasteiger partial charge on any atom is -0.456 e. The lowest BCUT2D eigenvalue weighted by Crippen LogP contribution is -2.29. The summed E-state index contributed by atoms with van der Waals surface area (Å²) in [6, 6.07) is 13.4. The Bertz CT molecular complexity index is 1020. The molecule has 1 atom stereocenters. The Morgan fingerprint density at radius 3 is 2.44 bits per heavy atom. The van der Waals surface area contributed by atoms with Crippen LogP contribution in [0.15, 0.2) is 65.8 Å². The van der Waals surface area contributed by atoms with Crippen LogP contribution in [0.5, 0.6) is 11.5 Å². The smallest absolute Gasteiger partial charge is 0.243 e. The van der Waals surface area contributed by atoms with Gasteiger partial charge in [-0.05, 0) is 42.8 Å². The van der Waals surface area contributed by atoms with Crippen molar-refractivity contribution in [3.63, 3.8) is 0 Å². The van der Waals surface area contributed by atoms with Crippen molar-refractivity contribution in [1.29, 1.82) is 0 Å². The van der Waals surface area contributed by atoms with Crippen LogP contribution in [0.25, 0.3) is 0 Å². The lowest BCUT2D eigenvalue weighted by atomic mass is 10.3. The van der Waals surface area contributed by atoms with Crippen LogP contribution in [0.4, 0.5) is 0 Å². The van der Waals surface area contributed by atoms with E-state index in [-0.39, 0.29) is 10.9 Å². The molecule has 27 heavy (non-hydrogen) atoms. The average molecular weight is 405 g/mol. The van der Waals surface area contributed by atoms with Crippen molar-refractivity contribution in [3.8, 4) is 11.5 Å². The molecule has 0 N–H and O–H groups in total. The summed E-state index contributed by atoms with van der Waals surface area (Å²) in [6.45, 7) is 0.793. The first-order valence-electron chi connectivity index (χ1n) is 8.42. The number of sulfonamides is 1. The second kappa shape index (κ2) is 7.30. The molecule has 0 aliphatic carbocycles. The first kappa shape index (κ1) is 18.0. The predicted molar refractivity (Wildman–Crippen MR) is 100 cm³/mol. The summed E-state index contributed by atoms with van der Waals surface area (Å²) in [7, 11) is -3.58. The van der Waals surface area contributed by atoms with Crippen molar-refractivity contribution in [2.75, 3.05) is 13.1 Å². The van der Waals surface area contributed by atoms with Crippen molar-refractivity contribution in [2.45, 2.75) is 17.4 Å². The third-order valence-corrected chi connectivity index (χ3v) is 6.61. The molecule has 1 aliphatic heterocycles. The molecule has 0 radical (unpaired) electrons. The van der Waals surface area contributed by atoms with E-state index in [1.54, 1.807) is 53.6 Å². The Hall–Kier alpha value is -2.42. The molecule has 1 unspecified atom stereocenters. The number of rotatable bonds is 5. The maximum absolute atomic E-state index is 12.9. The van der Waals surface area contributed by atoms with Gasteiger partial charge < -0.3 is 4.74 Å². The van der Waals surface area contributed by atoms with E-state index < -0.39 is 10.0 Å². The van der Waals surface area contributed by atoms with Crippen molar-refractivity contribution >= 4 is 21.6 Å². The third-order valence-electron chi connectivity index (χ3n) is 4.42. The summed E-state index contributed by atoms with van der Waals surface area (Å²) in [6.07, 6.45) is 3.87.